The zero-order valence-electron chi connectivity index (χ0n) is 14.1. The molecular formula is C12H29NaO8P2. The zero-order chi connectivity index (χ0) is 17.5. The van der Waals surface area contributed by atoms with E-state index in [1.807, 2.05) is 0 Å². The monoisotopic (exact) mass is 386 g/mol. The van der Waals surface area contributed by atoms with Crippen LogP contribution in [0.2, 0.25) is 0 Å². The second-order valence-corrected chi connectivity index (χ2v) is 7.22. The van der Waals surface area contributed by atoms with Crippen LogP contribution in [0.1, 0.15) is 71.1 Å². The minimum atomic E-state index is -4.89. The first kappa shape index (κ1) is 29.0. The number of phosphoric ester groups is 1. The standard InChI is InChI=1S/C12H27O4P.Na.H3O4P/c1-2-3-4-5-6-7-8-9-10-11-12-16-17(13,14)15;;1-5(2,3)4/h2-12H2,1H3,(H2,13,14,15);;(H3,1,2,3,4)/q;+1;/p-1. The van der Waals surface area contributed by atoms with E-state index in [2.05, 4.69) is 11.4 Å². The molecule has 0 rings (SSSR count). The van der Waals surface area contributed by atoms with Gasteiger partial charge in [-0.25, -0.2) is 4.57 Å². The minimum Gasteiger partial charge on any atom is -0.756 e. The SMILES string of the molecule is CCCCCCCCCCCCOP(=O)(O)O.O=P([O-])(O)O.[Na+]. The summed E-state index contributed by atoms with van der Waals surface area (Å²) in [4.78, 5) is 39.8. The van der Waals surface area contributed by atoms with Gasteiger partial charge in [0, 0.05) is 0 Å². The normalized spacial score (nSPS) is 11.4. The molecule has 0 aromatic carbocycles. The summed E-state index contributed by atoms with van der Waals surface area (Å²) in [7, 11) is -9.13. The summed E-state index contributed by atoms with van der Waals surface area (Å²) >= 11 is 0. The van der Waals surface area contributed by atoms with Crippen LogP contribution in [-0.2, 0) is 13.7 Å². The van der Waals surface area contributed by atoms with Gasteiger partial charge in [-0.2, -0.15) is 0 Å². The molecule has 4 N–H and O–H groups in total. The fourth-order valence-electron chi connectivity index (χ4n) is 1.77. The molecule has 0 saturated heterocycles. The Hall–Kier alpha value is 1.22. The van der Waals surface area contributed by atoms with E-state index in [4.69, 9.17) is 29.0 Å². The maximum absolute atomic E-state index is 10.4. The summed E-state index contributed by atoms with van der Waals surface area (Å²) in [5, 5.41) is 0. The van der Waals surface area contributed by atoms with Gasteiger partial charge in [-0.05, 0) is 6.42 Å². The van der Waals surface area contributed by atoms with E-state index in [-0.39, 0.29) is 36.2 Å². The Balaban J connectivity index is -0.000000578. The molecule has 0 atom stereocenters. The van der Waals surface area contributed by atoms with Gasteiger partial charge >= 0.3 is 37.4 Å². The summed E-state index contributed by atoms with van der Waals surface area (Å²) in [6.45, 7) is 2.39. The summed E-state index contributed by atoms with van der Waals surface area (Å²) in [6, 6.07) is 0. The van der Waals surface area contributed by atoms with Crippen molar-refractivity contribution in [3.63, 3.8) is 0 Å². The van der Waals surface area contributed by atoms with E-state index < -0.39 is 15.6 Å². The number of phosphoric acid groups is 2. The molecule has 0 saturated carbocycles. The van der Waals surface area contributed by atoms with Crippen LogP contribution in [0.4, 0.5) is 0 Å². The Kier molecular flexibility index (Phi) is 22.7. The smallest absolute Gasteiger partial charge is 0.756 e. The predicted molar refractivity (Wildman–Crippen MR) is 81.9 cm³/mol. The number of hydrogen-bond acceptors (Lipinski definition) is 4. The Morgan fingerprint density at radius 2 is 1.09 bits per heavy atom. The topological polar surface area (TPSA) is 147 Å². The van der Waals surface area contributed by atoms with Crippen molar-refractivity contribution in [2.45, 2.75) is 71.1 Å². The van der Waals surface area contributed by atoms with Crippen molar-refractivity contribution in [2.24, 2.45) is 0 Å². The van der Waals surface area contributed by atoms with Gasteiger partial charge in [0.25, 0.3) is 7.82 Å². The summed E-state index contributed by atoms with van der Waals surface area (Å²) in [5.74, 6) is 0. The molecule has 0 aromatic heterocycles. The van der Waals surface area contributed by atoms with Crippen LogP contribution in [0, 0.1) is 0 Å². The fourth-order valence-corrected chi connectivity index (χ4v) is 2.14. The van der Waals surface area contributed by atoms with Crippen LogP contribution >= 0.6 is 15.6 Å². The molecule has 136 valence electrons. The molecule has 0 unspecified atom stereocenters. The third kappa shape index (κ3) is 45.1. The first-order chi connectivity index (χ1) is 10.1. The van der Waals surface area contributed by atoms with Crippen molar-refractivity contribution in [1.29, 1.82) is 0 Å². The van der Waals surface area contributed by atoms with E-state index in [9.17, 15) is 4.57 Å². The van der Waals surface area contributed by atoms with Crippen molar-refractivity contribution < 1.29 is 67.7 Å². The van der Waals surface area contributed by atoms with Crippen LogP contribution < -0.4 is 34.5 Å². The number of rotatable bonds is 12. The van der Waals surface area contributed by atoms with Crippen LogP contribution in [0.5, 0.6) is 0 Å². The van der Waals surface area contributed by atoms with Crippen molar-refractivity contribution in [2.75, 3.05) is 6.61 Å². The van der Waals surface area contributed by atoms with Gasteiger partial charge in [0.2, 0.25) is 0 Å². The molecule has 8 nitrogen and oxygen atoms in total. The summed E-state index contributed by atoms with van der Waals surface area (Å²) in [6.07, 6.45) is 12.0. The maximum atomic E-state index is 10.4. The van der Waals surface area contributed by atoms with Gasteiger partial charge in [0.15, 0.2) is 0 Å². The second kappa shape index (κ2) is 18.0. The molecule has 0 fully saturated rings. The molecule has 0 spiro atoms. The molecule has 0 bridgehead atoms. The van der Waals surface area contributed by atoms with E-state index >= 15 is 0 Å². The molecule has 0 aromatic rings. The summed E-state index contributed by atoms with van der Waals surface area (Å²) in [5.41, 5.74) is 0. The summed E-state index contributed by atoms with van der Waals surface area (Å²) < 4.78 is 23.5. The first-order valence-electron chi connectivity index (χ1n) is 7.53. The number of unbranched alkanes of at least 4 members (excludes halogenated alkanes) is 9. The average molecular weight is 386 g/mol. The average Bonchev–Trinajstić information content (AvgIpc) is 2.32. The molecule has 0 heterocycles. The van der Waals surface area contributed by atoms with Crippen LogP contribution in [0.25, 0.3) is 0 Å². The molecule has 0 aliphatic carbocycles. The molecule has 11 heteroatoms. The molecule has 0 amide bonds. The van der Waals surface area contributed by atoms with Crippen molar-refractivity contribution >= 4 is 15.6 Å². The Labute approximate surface area is 160 Å². The van der Waals surface area contributed by atoms with Crippen LogP contribution in [0.15, 0.2) is 0 Å². The zero-order valence-corrected chi connectivity index (χ0v) is 17.9. The third-order valence-corrected chi connectivity index (χ3v) is 3.28. The van der Waals surface area contributed by atoms with E-state index in [1.165, 1.54) is 44.9 Å². The molecule has 23 heavy (non-hydrogen) atoms. The quantitative estimate of drug-likeness (QED) is 0.199. The van der Waals surface area contributed by atoms with Crippen molar-refractivity contribution in [1.82, 2.24) is 0 Å². The number of hydrogen-bond donors (Lipinski definition) is 4. The van der Waals surface area contributed by atoms with Gasteiger partial charge in [-0.3, -0.25) is 9.09 Å². The van der Waals surface area contributed by atoms with E-state index in [0.717, 1.165) is 19.3 Å². The Morgan fingerprint density at radius 3 is 1.39 bits per heavy atom. The molecule has 0 radical (unpaired) electrons. The van der Waals surface area contributed by atoms with Gasteiger partial charge in [-0.1, -0.05) is 64.7 Å². The van der Waals surface area contributed by atoms with E-state index in [0.29, 0.717) is 0 Å². The molecular weight excluding hydrogens is 357 g/mol. The maximum Gasteiger partial charge on any atom is 1.00 e. The van der Waals surface area contributed by atoms with Crippen LogP contribution in [0.3, 0.4) is 0 Å². The fraction of sp³-hybridized carbons (Fsp3) is 1.00. The largest absolute Gasteiger partial charge is 1.00 e. The Bertz CT molecular complexity index is 323. The van der Waals surface area contributed by atoms with E-state index in [1.54, 1.807) is 0 Å². The van der Waals surface area contributed by atoms with Crippen LogP contribution in [-0.4, -0.2) is 26.2 Å². The second-order valence-electron chi connectivity index (χ2n) is 5.00. The van der Waals surface area contributed by atoms with Gasteiger partial charge < -0.3 is 24.5 Å². The van der Waals surface area contributed by atoms with Gasteiger partial charge in [-0.15, -0.1) is 0 Å². The van der Waals surface area contributed by atoms with Gasteiger partial charge in [0.1, 0.15) is 0 Å². The third-order valence-electron chi connectivity index (χ3n) is 2.76. The minimum absolute atomic E-state index is 0. The Morgan fingerprint density at radius 1 is 0.783 bits per heavy atom. The van der Waals surface area contributed by atoms with Crippen molar-refractivity contribution in [3.8, 4) is 0 Å². The first-order valence-corrected chi connectivity index (χ1v) is 10.6. The van der Waals surface area contributed by atoms with Crippen molar-refractivity contribution in [3.05, 3.63) is 0 Å². The van der Waals surface area contributed by atoms with Gasteiger partial charge in [0.05, 0.1) is 6.61 Å². The predicted octanol–water partition coefficient (Wildman–Crippen LogP) is -0.540. The molecule has 0 aliphatic heterocycles. The molecule has 0 aliphatic rings.